The van der Waals surface area contributed by atoms with Crippen molar-refractivity contribution < 1.29 is 24.2 Å². The van der Waals surface area contributed by atoms with E-state index in [1.54, 1.807) is 0 Å². The molecule has 92 valence electrons. The Balaban J connectivity index is 4.29. The maximum atomic E-state index is 11.4. The minimum absolute atomic E-state index is 0.360. The molecule has 0 fully saturated rings. The smallest absolute Gasteiger partial charge is 0.330 e. The summed E-state index contributed by atoms with van der Waals surface area (Å²) < 4.78 is 4.36. The van der Waals surface area contributed by atoms with Crippen LogP contribution in [0, 0.1) is 0 Å². The number of aliphatic hydroxyl groups excluding tert-OH is 1. The molecule has 2 amide bonds. The number of esters is 1. The minimum atomic E-state index is -1.12. The predicted molar refractivity (Wildman–Crippen MR) is 54.3 cm³/mol. The third-order valence-corrected chi connectivity index (χ3v) is 1.80. The van der Waals surface area contributed by atoms with Crippen molar-refractivity contribution >= 4 is 17.8 Å². The molecular weight excluding hydrogens is 216 g/mol. The van der Waals surface area contributed by atoms with Crippen LogP contribution in [0.25, 0.3) is 0 Å². The Morgan fingerprint density at radius 1 is 1.31 bits per heavy atom. The van der Waals surface area contributed by atoms with Crippen molar-refractivity contribution in [1.82, 2.24) is 10.6 Å². The lowest BCUT2D eigenvalue weighted by molar-refractivity contribution is -0.146. The summed E-state index contributed by atoms with van der Waals surface area (Å²) in [6, 6.07) is -1.90. The zero-order chi connectivity index (χ0) is 12.7. The number of carbonyl (C=O) groups is 3. The van der Waals surface area contributed by atoms with Crippen molar-refractivity contribution in [2.45, 2.75) is 25.9 Å². The van der Waals surface area contributed by atoms with Crippen LogP contribution in [0.5, 0.6) is 0 Å². The molecule has 0 aliphatic carbocycles. The highest BCUT2D eigenvalue weighted by molar-refractivity contribution is 5.89. The number of hydrogen-bond acceptors (Lipinski definition) is 5. The molecule has 7 heteroatoms. The minimum Gasteiger partial charge on any atom is -0.467 e. The van der Waals surface area contributed by atoms with Crippen LogP contribution in [0.4, 0.5) is 0 Å². The second-order valence-corrected chi connectivity index (χ2v) is 3.19. The lowest BCUT2D eigenvalue weighted by atomic mass is 10.2. The summed E-state index contributed by atoms with van der Waals surface area (Å²) in [6.45, 7) is 2.17. The molecule has 0 spiro atoms. The van der Waals surface area contributed by atoms with E-state index in [-0.39, 0.29) is 5.91 Å². The van der Waals surface area contributed by atoms with Gasteiger partial charge in [-0.05, 0) is 6.92 Å². The van der Waals surface area contributed by atoms with Crippen molar-refractivity contribution in [2.24, 2.45) is 0 Å². The normalized spacial score (nSPS) is 13.5. The highest BCUT2D eigenvalue weighted by Crippen LogP contribution is 1.90. The summed E-state index contributed by atoms with van der Waals surface area (Å²) in [5.41, 5.74) is 0. The molecule has 0 bridgehead atoms. The molecule has 0 saturated heterocycles. The van der Waals surface area contributed by atoms with Gasteiger partial charge in [-0.1, -0.05) is 0 Å². The molecule has 2 atom stereocenters. The Bertz CT molecular complexity index is 279. The monoisotopic (exact) mass is 232 g/mol. The average Bonchev–Trinajstić information content (AvgIpc) is 2.23. The number of carbonyl (C=O) groups excluding carboxylic acids is 3. The zero-order valence-corrected chi connectivity index (χ0v) is 9.44. The van der Waals surface area contributed by atoms with E-state index in [9.17, 15) is 14.4 Å². The van der Waals surface area contributed by atoms with Gasteiger partial charge in [0.15, 0.2) is 6.04 Å². The summed E-state index contributed by atoms with van der Waals surface area (Å²) in [7, 11) is 1.15. The number of ether oxygens (including phenoxy) is 1. The Morgan fingerprint density at radius 3 is 2.25 bits per heavy atom. The van der Waals surface area contributed by atoms with Crippen LogP contribution >= 0.6 is 0 Å². The van der Waals surface area contributed by atoms with Crippen LogP contribution in [0.1, 0.15) is 13.8 Å². The maximum absolute atomic E-state index is 11.4. The highest BCUT2D eigenvalue weighted by Gasteiger charge is 2.23. The number of amides is 2. The van der Waals surface area contributed by atoms with Gasteiger partial charge in [-0.25, -0.2) is 4.79 Å². The summed E-state index contributed by atoms with van der Waals surface area (Å²) in [4.78, 5) is 33.1. The van der Waals surface area contributed by atoms with Crippen LogP contribution in [0.15, 0.2) is 0 Å². The first-order valence-corrected chi connectivity index (χ1v) is 4.68. The van der Waals surface area contributed by atoms with E-state index in [0.717, 1.165) is 7.11 Å². The topological polar surface area (TPSA) is 105 Å². The number of aliphatic hydroxyl groups is 1. The lowest BCUT2D eigenvalue weighted by Gasteiger charge is -2.17. The Hall–Kier alpha value is -1.63. The second-order valence-electron chi connectivity index (χ2n) is 3.19. The molecular formula is C9H16N2O5. The van der Waals surface area contributed by atoms with Gasteiger partial charge in [-0.3, -0.25) is 9.59 Å². The molecule has 2 unspecified atom stereocenters. The quantitative estimate of drug-likeness (QED) is 0.483. The first-order valence-electron chi connectivity index (χ1n) is 4.68. The third-order valence-electron chi connectivity index (χ3n) is 1.80. The van der Waals surface area contributed by atoms with Gasteiger partial charge in [0, 0.05) is 6.92 Å². The Morgan fingerprint density at radius 2 is 1.88 bits per heavy atom. The van der Waals surface area contributed by atoms with E-state index >= 15 is 0 Å². The maximum Gasteiger partial charge on any atom is 0.330 e. The van der Waals surface area contributed by atoms with Crippen LogP contribution in [-0.2, 0) is 19.1 Å². The molecule has 0 aromatic carbocycles. The fraction of sp³-hybridized carbons (Fsp3) is 0.667. The molecule has 0 aliphatic heterocycles. The number of hydrogen-bond donors (Lipinski definition) is 3. The van der Waals surface area contributed by atoms with Gasteiger partial charge in [0.05, 0.1) is 13.7 Å². The van der Waals surface area contributed by atoms with Gasteiger partial charge in [-0.15, -0.1) is 0 Å². The van der Waals surface area contributed by atoms with Crippen LogP contribution < -0.4 is 10.6 Å². The van der Waals surface area contributed by atoms with Crippen LogP contribution in [0.3, 0.4) is 0 Å². The van der Waals surface area contributed by atoms with Gasteiger partial charge in [0.2, 0.25) is 11.8 Å². The standard InChI is InChI=1S/C9H16N2O5/c1-5(10-6(2)13)8(14)11-7(4-12)9(15)16-3/h5,7,12H,4H2,1-3H3,(H,10,13)(H,11,14). The van der Waals surface area contributed by atoms with Crippen molar-refractivity contribution in [2.75, 3.05) is 13.7 Å². The van der Waals surface area contributed by atoms with E-state index in [2.05, 4.69) is 15.4 Å². The summed E-state index contributed by atoms with van der Waals surface area (Å²) >= 11 is 0. The summed E-state index contributed by atoms with van der Waals surface area (Å²) in [5.74, 6) is -1.67. The molecule has 16 heavy (non-hydrogen) atoms. The van der Waals surface area contributed by atoms with Gasteiger partial charge >= 0.3 is 5.97 Å². The van der Waals surface area contributed by atoms with Crippen LogP contribution in [0.2, 0.25) is 0 Å². The first kappa shape index (κ1) is 14.4. The largest absolute Gasteiger partial charge is 0.467 e. The fourth-order valence-corrected chi connectivity index (χ4v) is 0.989. The molecule has 0 rings (SSSR count). The molecule has 0 radical (unpaired) electrons. The number of methoxy groups -OCH3 is 1. The third kappa shape index (κ3) is 4.74. The zero-order valence-electron chi connectivity index (χ0n) is 9.44. The molecule has 0 heterocycles. The molecule has 0 aromatic heterocycles. The number of rotatable bonds is 5. The van der Waals surface area contributed by atoms with Gasteiger partial charge in [-0.2, -0.15) is 0 Å². The van der Waals surface area contributed by atoms with Crippen molar-refractivity contribution in [3.05, 3.63) is 0 Å². The second kappa shape index (κ2) is 6.78. The lowest BCUT2D eigenvalue weighted by Crippen LogP contribution is -2.51. The van der Waals surface area contributed by atoms with E-state index in [4.69, 9.17) is 5.11 Å². The predicted octanol–water partition coefficient (Wildman–Crippen LogP) is -1.84. The van der Waals surface area contributed by atoms with Gasteiger partial charge in [0.1, 0.15) is 6.04 Å². The SMILES string of the molecule is COC(=O)C(CO)NC(=O)C(C)NC(C)=O. The van der Waals surface area contributed by atoms with E-state index in [1.165, 1.54) is 13.8 Å². The van der Waals surface area contributed by atoms with Crippen molar-refractivity contribution in [3.8, 4) is 0 Å². The molecule has 7 nitrogen and oxygen atoms in total. The summed E-state index contributed by atoms with van der Waals surface area (Å²) in [6.07, 6.45) is 0. The highest BCUT2D eigenvalue weighted by atomic mass is 16.5. The fourth-order valence-electron chi connectivity index (χ4n) is 0.989. The number of nitrogens with one attached hydrogen (secondary N) is 2. The van der Waals surface area contributed by atoms with Crippen molar-refractivity contribution in [3.63, 3.8) is 0 Å². The first-order chi connectivity index (χ1) is 7.42. The van der Waals surface area contributed by atoms with E-state index in [0.29, 0.717) is 0 Å². The molecule has 0 saturated carbocycles. The molecule has 0 aromatic rings. The van der Waals surface area contributed by atoms with Crippen LogP contribution in [-0.4, -0.2) is 48.7 Å². The summed E-state index contributed by atoms with van der Waals surface area (Å²) in [5, 5.41) is 13.4. The average molecular weight is 232 g/mol. The Kier molecular flexibility index (Phi) is 6.09. The van der Waals surface area contributed by atoms with Gasteiger partial charge in [0.25, 0.3) is 0 Å². The van der Waals surface area contributed by atoms with Gasteiger partial charge < -0.3 is 20.5 Å². The van der Waals surface area contributed by atoms with E-state index in [1.807, 2.05) is 0 Å². The molecule has 0 aliphatic rings. The van der Waals surface area contributed by atoms with E-state index < -0.39 is 30.6 Å². The van der Waals surface area contributed by atoms with Crippen molar-refractivity contribution in [1.29, 1.82) is 0 Å². The molecule has 3 N–H and O–H groups in total. The Labute approximate surface area is 93.2 Å².